The number of imidazole rings is 1. The highest BCUT2D eigenvalue weighted by Crippen LogP contribution is 2.39. The second kappa shape index (κ2) is 11.0. The number of carbonyl (C=O) groups excluding carboxylic acids is 1. The normalized spacial score (nSPS) is 13.6. The van der Waals surface area contributed by atoms with E-state index in [1.54, 1.807) is 6.20 Å². The maximum absolute atomic E-state index is 14.5. The number of hydrogen-bond donors (Lipinski definition) is 1. The molecule has 0 saturated carbocycles. The van der Waals surface area contributed by atoms with E-state index in [1.807, 2.05) is 67.2 Å². The molecule has 1 aromatic carbocycles. The number of aromatic nitrogens is 3. The van der Waals surface area contributed by atoms with Crippen LogP contribution in [0.25, 0.3) is 10.7 Å². The van der Waals surface area contributed by atoms with E-state index >= 15 is 0 Å². The fraction of sp³-hybridized carbons (Fsp3) is 0.458. The first kappa shape index (κ1) is 25.0. The summed E-state index contributed by atoms with van der Waals surface area (Å²) < 4.78 is 21.7. The fourth-order valence-electron chi connectivity index (χ4n) is 3.85. The molecule has 33 heavy (non-hydrogen) atoms. The van der Waals surface area contributed by atoms with Gasteiger partial charge in [0, 0.05) is 38.0 Å². The number of amides is 1. The minimum absolute atomic E-state index is 0.134. The summed E-state index contributed by atoms with van der Waals surface area (Å²) in [5.41, 5.74) is 6.94. The molecule has 0 unspecified atom stereocenters. The number of hydrogen-bond acceptors (Lipinski definition) is 6. The molecule has 0 bridgehead atoms. The maximum Gasteiger partial charge on any atom is 0.249 e. The number of nitrogens with two attached hydrogens (primary N) is 1. The Morgan fingerprint density at radius 1 is 1.30 bits per heavy atom. The Labute approximate surface area is 198 Å². The van der Waals surface area contributed by atoms with Crippen molar-refractivity contribution in [2.24, 2.45) is 11.1 Å². The second-order valence-corrected chi connectivity index (χ2v) is 9.91. The number of benzene rings is 1. The minimum atomic E-state index is -1.35. The van der Waals surface area contributed by atoms with E-state index in [0.29, 0.717) is 12.4 Å². The molecule has 0 saturated heterocycles. The van der Waals surface area contributed by atoms with Gasteiger partial charge in [-0.1, -0.05) is 51.1 Å². The molecule has 2 aromatic heterocycles. The third-order valence-corrected chi connectivity index (χ3v) is 6.07. The highest BCUT2D eigenvalue weighted by atomic mass is 32.1. The molecule has 0 aliphatic carbocycles. The van der Waals surface area contributed by atoms with Crippen LogP contribution in [0.2, 0.25) is 0 Å². The first-order valence-corrected chi connectivity index (χ1v) is 11.8. The third kappa shape index (κ3) is 6.25. The van der Waals surface area contributed by atoms with E-state index in [9.17, 15) is 9.18 Å². The summed E-state index contributed by atoms with van der Waals surface area (Å²) in [6.07, 6.45) is 2.33. The number of rotatable bonds is 10. The van der Waals surface area contributed by atoms with Crippen LogP contribution >= 0.6 is 11.3 Å². The lowest BCUT2D eigenvalue weighted by Gasteiger charge is -2.40. The van der Waals surface area contributed by atoms with Gasteiger partial charge in [0.2, 0.25) is 5.91 Å². The van der Waals surface area contributed by atoms with Crippen LogP contribution in [0.15, 0.2) is 48.1 Å². The first-order chi connectivity index (χ1) is 15.7. The van der Waals surface area contributed by atoms with E-state index in [1.165, 1.54) is 23.3 Å². The Bertz CT molecular complexity index is 1020. The van der Waals surface area contributed by atoms with Crippen molar-refractivity contribution in [2.75, 3.05) is 26.8 Å². The van der Waals surface area contributed by atoms with Crippen LogP contribution in [-0.2, 0) is 16.1 Å². The molecular weight excluding hydrogens is 441 g/mol. The summed E-state index contributed by atoms with van der Waals surface area (Å²) >= 11 is 1.50. The molecule has 0 radical (unpaired) electrons. The van der Waals surface area contributed by atoms with Gasteiger partial charge in [-0.3, -0.25) is 4.79 Å². The van der Waals surface area contributed by atoms with Gasteiger partial charge in [0.1, 0.15) is 29.3 Å². The monoisotopic (exact) mass is 473 g/mol. The topological polar surface area (TPSA) is 86.3 Å². The molecule has 3 rings (SSSR count). The molecule has 3 aromatic rings. The van der Waals surface area contributed by atoms with Crippen LogP contribution in [0, 0.1) is 5.41 Å². The Hall–Kier alpha value is -2.62. The van der Waals surface area contributed by atoms with Crippen LogP contribution < -0.4 is 5.73 Å². The van der Waals surface area contributed by atoms with Gasteiger partial charge in [-0.15, -0.1) is 11.3 Å². The molecule has 1 amide bonds. The Morgan fingerprint density at radius 2 is 2.03 bits per heavy atom. The second-order valence-electron chi connectivity index (χ2n) is 9.02. The smallest absolute Gasteiger partial charge is 0.249 e. The van der Waals surface area contributed by atoms with Crippen molar-refractivity contribution in [3.8, 4) is 10.7 Å². The van der Waals surface area contributed by atoms with Gasteiger partial charge in [0.25, 0.3) is 0 Å². The standard InChI is InChI=1S/C24H32FN5O2S/c1-24(2,3)21(30(14-18(25)12-26)20(31)16-32-4)22-28-19(23-27-10-11-33-23)15-29(22)13-17-8-6-5-7-9-17/h5-11,15,18,21H,12-14,16,26H2,1-4H3/t18-,21+/m1/s1. The van der Waals surface area contributed by atoms with Crippen molar-refractivity contribution in [1.82, 2.24) is 19.4 Å². The number of nitrogens with zero attached hydrogens (tertiary/aromatic N) is 4. The van der Waals surface area contributed by atoms with Crippen molar-refractivity contribution >= 4 is 17.2 Å². The Morgan fingerprint density at radius 3 is 2.61 bits per heavy atom. The molecule has 2 heterocycles. The summed E-state index contributed by atoms with van der Waals surface area (Å²) in [5.74, 6) is 0.365. The molecule has 178 valence electrons. The van der Waals surface area contributed by atoms with E-state index < -0.39 is 17.6 Å². The van der Waals surface area contributed by atoms with Crippen LogP contribution in [0.3, 0.4) is 0 Å². The molecule has 0 aliphatic heterocycles. The summed E-state index contributed by atoms with van der Waals surface area (Å²) in [4.78, 5) is 24.0. The molecule has 0 aliphatic rings. The Kier molecular flexibility index (Phi) is 8.34. The summed E-state index contributed by atoms with van der Waals surface area (Å²) in [6.45, 7) is 6.16. The largest absolute Gasteiger partial charge is 0.375 e. The zero-order valence-corrected chi connectivity index (χ0v) is 20.4. The number of thiazole rings is 1. The van der Waals surface area contributed by atoms with Crippen molar-refractivity contribution in [2.45, 2.75) is 39.5 Å². The van der Waals surface area contributed by atoms with Gasteiger partial charge in [0.15, 0.2) is 0 Å². The number of ether oxygens (including phenoxy) is 1. The SMILES string of the molecule is COCC(=O)N(C[C@H](F)CN)[C@@H](c1nc(-c2nccs2)cn1Cc1ccccc1)C(C)(C)C. The number of halogens is 1. The highest BCUT2D eigenvalue weighted by Gasteiger charge is 2.39. The van der Waals surface area contributed by atoms with Gasteiger partial charge in [0.05, 0.1) is 12.6 Å². The Balaban J connectivity index is 2.14. The lowest BCUT2D eigenvalue weighted by molar-refractivity contribution is -0.141. The maximum atomic E-state index is 14.5. The van der Waals surface area contributed by atoms with Crippen LogP contribution in [-0.4, -0.2) is 58.3 Å². The number of carbonyl (C=O) groups is 1. The van der Waals surface area contributed by atoms with Gasteiger partial charge in [-0.25, -0.2) is 14.4 Å². The highest BCUT2D eigenvalue weighted by molar-refractivity contribution is 7.13. The lowest BCUT2D eigenvalue weighted by Crippen LogP contribution is -2.47. The predicted molar refractivity (Wildman–Crippen MR) is 129 cm³/mol. The molecule has 2 N–H and O–H groups in total. The van der Waals surface area contributed by atoms with Crippen LogP contribution in [0.5, 0.6) is 0 Å². The molecule has 9 heteroatoms. The van der Waals surface area contributed by atoms with Crippen LogP contribution in [0.1, 0.15) is 38.2 Å². The number of alkyl halides is 1. The molecule has 0 spiro atoms. The zero-order chi connectivity index (χ0) is 24.0. The van der Waals surface area contributed by atoms with E-state index in [-0.39, 0.29) is 25.6 Å². The van der Waals surface area contributed by atoms with Gasteiger partial charge in [-0.2, -0.15) is 0 Å². The lowest BCUT2D eigenvalue weighted by atomic mass is 9.84. The van der Waals surface area contributed by atoms with E-state index in [0.717, 1.165) is 16.3 Å². The molecule has 2 atom stereocenters. The van der Waals surface area contributed by atoms with Gasteiger partial charge < -0.3 is 19.9 Å². The summed E-state index contributed by atoms with van der Waals surface area (Å²) in [5, 5.41) is 2.69. The molecule has 7 nitrogen and oxygen atoms in total. The fourth-order valence-corrected chi connectivity index (χ4v) is 4.44. The predicted octanol–water partition coefficient (Wildman–Crippen LogP) is 3.91. The molecule has 0 fully saturated rings. The minimum Gasteiger partial charge on any atom is -0.375 e. The number of methoxy groups -OCH3 is 1. The van der Waals surface area contributed by atoms with E-state index in [2.05, 4.69) is 4.98 Å². The average molecular weight is 474 g/mol. The first-order valence-electron chi connectivity index (χ1n) is 10.9. The van der Waals surface area contributed by atoms with Gasteiger partial charge >= 0.3 is 0 Å². The molecular formula is C24H32FN5O2S. The van der Waals surface area contributed by atoms with Crippen molar-refractivity contribution in [1.29, 1.82) is 0 Å². The van der Waals surface area contributed by atoms with Gasteiger partial charge in [-0.05, 0) is 11.0 Å². The van der Waals surface area contributed by atoms with Crippen LogP contribution in [0.4, 0.5) is 4.39 Å². The zero-order valence-electron chi connectivity index (χ0n) is 19.6. The summed E-state index contributed by atoms with van der Waals surface area (Å²) in [6, 6.07) is 9.51. The quantitative estimate of drug-likeness (QED) is 0.482. The van der Waals surface area contributed by atoms with Crippen molar-refractivity contribution in [3.05, 3.63) is 59.5 Å². The van der Waals surface area contributed by atoms with Crippen molar-refractivity contribution < 1.29 is 13.9 Å². The van der Waals surface area contributed by atoms with Crippen molar-refractivity contribution in [3.63, 3.8) is 0 Å². The third-order valence-electron chi connectivity index (χ3n) is 5.27. The average Bonchev–Trinajstić information content (AvgIpc) is 3.44. The summed E-state index contributed by atoms with van der Waals surface area (Å²) in [7, 11) is 1.45. The van der Waals surface area contributed by atoms with E-state index in [4.69, 9.17) is 15.5 Å².